The molecule has 1 saturated heterocycles. The highest BCUT2D eigenvalue weighted by atomic mass is 32.7. The summed E-state index contributed by atoms with van der Waals surface area (Å²) in [4.78, 5) is 19.6. The minimum Gasteiger partial charge on any atom is -0.369 e. The van der Waals surface area contributed by atoms with Gasteiger partial charge >= 0.3 is 0 Å². The van der Waals surface area contributed by atoms with Gasteiger partial charge in [-0.25, -0.2) is 0 Å². The van der Waals surface area contributed by atoms with Crippen molar-refractivity contribution in [3.05, 3.63) is 22.1 Å². The van der Waals surface area contributed by atoms with Crippen molar-refractivity contribution in [1.82, 2.24) is 19.6 Å². The molecule has 3 rings (SSSR count). The van der Waals surface area contributed by atoms with Crippen LogP contribution in [0.4, 0.5) is 5.95 Å². The fourth-order valence-corrected chi connectivity index (χ4v) is 5.08. The fourth-order valence-electron chi connectivity index (χ4n) is 3.83. The Bertz CT molecular complexity index is 1190. The van der Waals surface area contributed by atoms with E-state index in [0.717, 1.165) is 51.4 Å². The molecule has 0 aromatic carbocycles. The number of nitrogens with two attached hydrogens (primary N) is 1. The molecule has 0 bridgehead atoms. The van der Waals surface area contributed by atoms with Crippen molar-refractivity contribution < 1.29 is 9.26 Å². The lowest BCUT2D eigenvalue weighted by atomic mass is 10.2. The molecular formula is C25H32N5O3PS. The molecule has 3 heterocycles. The molecular weight excluding hydrogens is 481 g/mol. The highest BCUT2D eigenvalue weighted by Gasteiger charge is 2.29. The van der Waals surface area contributed by atoms with Gasteiger partial charge in [0, 0.05) is 32.0 Å². The van der Waals surface area contributed by atoms with Crippen molar-refractivity contribution in [1.29, 1.82) is 0 Å². The molecule has 0 amide bonds. The van der Waals surface area contributed by atoms with Gasteiger partial charge in [0.2, 0.25) is 5.95 Å². The van der Waals surface area contributed by atoms with Crippen LogP contribution in [0.1, 0.15) is 69.6 Å². The van der Waals surface area contributed by atoms with E-state index >= 15 is 0 Å². The number of hydrogen-bond acceptors (Lipinski definition) is 7. The van der Waals surface area contributed by atoms with Gasteiger partial charge in [-0.1, -0.05) is 11.8 Å². The number of fused-ring (bicyclic) bond motifs is 1. The van der Waals surface area contributed by atoms with Gasteiger partial charge in [0.05, 0.1) is 23.7 Å². The third-order valence-corrected chi connectivity index (χ3v) is 7.23. The molecule has 10 heteroatoms. The number of hydrogen-bond donors (Lipinski definition) is 4. The normalized spacial score (nSPS) is 18.0. The maximum atomic E-state index is 12.6. The number of anilines is 1. The van der Waals surface area contributed by atoms with Crippen molar-refractivity contribution in [2.45, 2.75) is 70.1 Å². The summed E-state index contributed by atoms with van der Waals surface area (Å²) in [6, 6.07) is 0. The lowest BCUT2D eigenvalue weighted by Gasteiger charge is -2.18. The van der Waals surface area contributed by atoms with Gasteiger partial charge in [-0.3, -0.25) is 14.9 Å². The van der Waals surface area contributed by atoms with Gasteiger partial charge in [-0.2, -0.15) is 4.98 Å². The van der Waals surface area contributed by atoms with E-state index in [1.165, 1.54) is 0 Å². The summed E-state index contributed by atoms with van der Waals surface area (Å²) in [5.41, 5.74) is 6.62. The number of nitrogens with one attached hydrogen (secondary N) is 2. The van der Waals surface area contributed by atoms with E-state index < -0.39 is 7.50 Å². The van der Waals surface area contributed by atoms with Crippen LogP contribution in [0.3, 0.4) is 0 Å². The van der Waals surface area contributed by atoms with Crippen LogP contribution in [0.25, 0.3) is 11.0 Å². The topological polar surface area (TPSA) is 107 Å². The maximum Gasteiger partial charge on any atom is 0.263 e. The predicted molar refractivity (Wildman–Crippen MR) is 145 cm³/mol. The lowest BCUT2D eigenvalue weighted by molar-refractivity contribution is 0.00733. The van der Waals surface area contributed by atoms with E-state index in [-0.39, 0.29) is 23.8 Å². The van der Waals surface area contributed by atoms with E-state index in [2.05, 4.69) is 51.0 Å². The Morgan fingerprint density at radius 3 is 2.77 bits per heavy atom. The number of thiol groups is 1. The largest absolute Gasteiger partial charge is 0.369 e. The number of nitrogens with zero attached hydrogens (tertiary/aromatic N) is 2. The first kappa shape index (κ1) is 27.2. The van der Waals surface area contributed by atoms with Crippen molar-refractivity contribution in [2.24, 2.45) is 0 Å². The first-order chi connectivity index (χ1) is 17.0. The summed E-state index contributed by atoms with van der Waals surface area (Å²) in [5, 5.41) is 3.73. The molecule has 186 valence electrons. The third-order valence-electron chi connectivity index (χ3n) is 5.58. The fraction of sp³-hybridized carbons (Fsp3) is 0.520. The molecule has 1 fully saturated rings. The second-order valence-corrected chi connectivity index (χ2v) is 10.4. The van der Waals surface area contributed by atoms with Crippen molar-refractivity contribution in [2.75, 3.05) is 18.9 Å². The number of H-pyrrole nitrogens is 1. The van der Waals surface area contributed by atoms with Gasteiger partial charge < -0.3 is 19.6 Å². The zero-order valence-corrected chi connectivity index (χ0v) is 21.5. The summed E-state index contributed by atoms with van der Waals surface area (Å²) in [6.45, 7) is 1.25. The standard InChI is InChI=1S/C25H32N5O3PS/c1-3-5-7-9-10-11-13-19-18-30(23-22(19)24(31)29-25(26)28-23)21-15-14-20(33-21)17-27-34(35)32-16-12-8-6-4-2/h1-2,18,20-21,27,35H,5-10,12,14-17H2,(H3,26,28,29,31)/t20-,21?,34?/m0/s1. The summed E-state index contributed by atoms with van der Waals surface area (Å²) in [6.07, 6.45) is 19.7. The number of terminal acetylenes is 2. The number of nitrogen functional groups attached to an aromatic ring is 1. The van der Waals surface area contributed by atoms with Crippen molar-refractivity contribution >= 4 is 36.7 Å². The minimum absolute atomic E-state index is 0.00956. The Morgan fingerprint density at radius 2 is 2.00 bits per heavy atom. The van der Waals surface area contributed by atoms with Gasteiger partial charge in [-0.05, 0) is 38.5 Å². The molecule has 1 aliphatic heterocycles. The van der Waals surface area contributed by atoms with E-state index in [0.29, 0.717) is 36.2 Å². The van der Waals surface area contributed by atoms with Crippen LogP contribution in [0.5, 0.6) is 0 Å². The molecule has 1 aliphatic rings. The molecule has 0 aliphatic carbocycles. The SMILES string of the molecule is C#CCCCCC#Cc1cn(C2CC[C@@H](CNP(S)OCCCCC#C)O2)c2nc(N)[nH]c(=O)c12. The Morgan fingerprint density at radius 1 is 1.26 bits per heavy atom. The molecule has 0 radical (unpaired) electrons. The highest BCUT2D eigenvalue weighted by molar-refractivity contribution is 8.42. The Balaban J connectivity index is 1.62. The van der Waals surface area contributed by atoms with E-state index in [4.69, 9.17) is 27.8 Å². The van der Waals surface area contributed by atoms with Gasteiger partial charge in [0.25, 0.3) is 5.56 Å². The number of ether oxygens (including phenoxy) is 1. The Hall–Kier alpha value is -2.44. The van der Waals surface area contributed by atoms with Crippen LogP contribution in [0, 0.1) is 36.5 Å². The summed E-state index contributed by atoms with van der Waals surface area (Å²) >= 11 is 4.50. The minimum atomic E-state index is -1.03. The maximum absolute atomic E-state index is 12.6. The molecule has 0 spiro atoms. The number of aromatic amines is 1. The Labute approximate surface area is 213 Å². The van der Waals surface area contributed by atoms with Gasteiger partial charge in [-0.15, -0.1) is 36.9 Å². The van der Waals surface area contributed by atoms with Gasteiger partial charge in [0.1, 0.15) is 6.23 Å². The van der Waals surface area contributed by atoms with Crippen LogP contribution < -0.4 is 16.4 Å². The first-order valence-corrected chi connectivity index (χ1v) is 14.2. The zero-order valence-electron chi connectivity index (χ0n) is 19.8. The second kappa shape index (κ2) is 14.2. The summed E-state index contributed by atoms with van der Waals surface area (Å²) in [5.74, 6) is 11.6. The monoisotopic (exact) mass is 513 g/mol. The second-order valence-electron chi connectivity index (χ2n) is 8.23. The average Bonchev–Trinajstić information content (AvgIpc) is 3.44. The molecule has 2 aromatic heterocycles. The zero-order chi connectivity index (χ0) is 25.0. The Kier molecular flexibility index (Phi) is 11.0. The number of rotatable bonds is 12. The third kappa shape index (κ3) is 8.04. The average molecular weight is 514 g/mol. The molecule has 2 unspecified atom stereocenters. The van der Waals surface area contributed by atoms with E-state index in [1.807, 2.05) is 10.8 Å². The number of aromatic nitrogens is 3. The van der Waals surface area contributed by atoms with Crippen molar-refractivity contribution in [3.63, 3.8) is 0 Å². The van der Waals surface area contributed by atoms with Crippen LogP contribution in [-0.2, 0) is 9.26 Å². The molecule has 0 saturated carbocycles. The summed E-state index contributed by atoms with van der Waals surface area (Å²) in [7, 11) is -1.03. The molecule has 3 atom stereocenters. The highest BCUT2D eigenvalue weighted by Crippen LogP contribution is 2.38. The van der Waals surface area contributed by atoms with Crippen LogP contribution in [0.15, 0.2) is 11.0 Å². The molecule has 4 N–H and O–H groups in total. The summed E-state index contributed by atoms with van der Waals surface area (Å²) < 4.78 is 13.9. The van der Waals surface area contributed by atoms with Crippen LogP contribution in [-0.4, -0.2) is 33.8 Å². The quantitative estimate of drug-likeness (QED) is 0.147. The van der Waals surface area contributed by atoms with E-state index in [9.17, 15) is 4.79 Å². The molecule has 2 aromatic rings. The predicted octanol–water partition coefficient (Wildman–Crippen LogP) is 4.10. The lowest BCUT2D eigenvalue weighted by Crippen LogP contribution is -2.23. The molecule has 8 nitrogen and oxygen atoms in total. The van der Waals surface area contributed by atoms with Gasteiger partial charge in [0.15, 0.2) is 13.1 Å². The van der Waals surface area contributed by atoms with Crippen molar-refractivity contribution in [3.8, 4) is 36.5 Å². The number of unbranched alkanes of at least 4 members (excludes halogenated alkanes) is 5. The first-order valence-electron chi connectivity index (χ1n) is 11.8. The smallest absolute Gasteiger partial charge is 0.263 e. The van der Waals surface area contributed by atoms with E-state index in [1.54, 1.807) is 0 Å². The molecule has 35 heavy (non-hydrogen) atoms. The van der Waals surface area contributed by atoms with Crippen LogP contribution >= 0.6 is 19.7 Å². The van der Waals surface area contributed by atoms with Crippen LogP contribution in [0.2, 0.25) is 0 Å².